The average Bonchev–Trinajstić information content (AvgIpc) is 2.69. The topological polar surface area (TPSA) is 116 Å². The Hall–Kier alpha value is -3.27. The van der Waals surface area contributed by atoms with Crippen molar-refractivity contribution in [1.29, 1.82) is 0 Å². The lowest BCUT2D eigenvalue weighted by atomic mass is 10.1. The number of carbonyl (C=O) groups excluding carboxylic acids is 2. The van der Waals surface area contributed by atoms with E-state index >= 15 is 0 Å². The molecule has 9 nitrogen and oxygen atoms in total. The minimum atomic E-state index is -0.508. The van der Waals surface area contributed by atoms with Crippen LogP contribution < -0.4 is 16.6 Å². The molecule has 0 aliphatic carbocycles. The lowest BCUT2D eigenvalue weighted by molar-refractivity contribution is -0.113. The number of rotatable bonds is 5. The van der Waals surface area contributed by atoms with Crippen molar-refractivity contribution in [3.8, 4) is 0 Å². The molecule has 0 fully saturated rings. The van der Waals surface area contributed by atoms with Crippen LogP contribution in [0.15, 0.2) is 38.9 Å². The van der Waals surface area contributed by atoms with Crippen LogP contribution in [0.2, 0.25) is 0 Å². The number of anilines is 1. The largest absolute Gasteiger partial charge is 0.332 e. The normalized spacial score (nSPS) is 10.9. The van der Waals surface area contributed by atoms with Gasteiger partial charge in [-0.15, -0.1) is 0 Å². The standard InChI is InChI=1S/C19H19N5O4S/c1-10(25)12-5-7-13(8-6-12)22-14(26)9-29-17-15-16(20-11(2)21-17)23(3)19(28)24(4)18(15)27/h5-8H,9H2,1-4H3,(H,22,26). The minimum Gasteiger partial charge on any atom is -0.325 e. The zero-order chi connectivity index (χ0) is 21.3. The van der Waals surface area contributed by atoms with E-state index in [2.05, 4.69) is 15.3 Å². The molecule has 0 saturated carbocycles. The van der Waals surface area contributed by atoms with Crippen molar-refractivity contribution >= 4 is 40.2 Å². The van der Waals surface area contributed by atoms with Crippen molar-refractivity contribution in [2.45, 2.75) is 18.9 Å². The molecular formula is C19H19N5O4S. The smallest absolute Gasteiger partial charge is 0.325 e. The highest BCUT2D eigenvalue weighted by Gasteiger charge is 2.17. The van der Waals surface area contributed by atoms with E-state index in [9.17, 15) is 19.2 Å². The maximum absolute atomic E-state index is 12.6. The predicted molar refractivity (Wildman–Crippen MR) is 111 cm³/mol. The van der Waals surface area contributed by atoms with E-state index < -0.39 is 11.2 Å². The van der Waals surface area contributed by atoms with Crippen molar-refractivity contribution in [2.24, 2.45) is 14.1 Å². The Morgan fingerprint density at radius 2 is 1.72 bits per heavy atom. The summed E-state index contributed by atoms with van der Waals surface area (Å²) in [6.07, 6.45) is 0. The molecule has 150 valence electrons. The number of nitrogens with one attached hydrogen (secondary N) is 1. The van der Waals surface area contributed by atoms with E-state index in [1.807, 2.05) is 0 Å². The minimum absolute atomic E-state index is 0.00596. The molecule has 1 N–H and O–H groups in total. The molecule has 2 aromatic heterocycles. The van der Waals surface area contributed by atoms with Gasteiger partial charge in [-0.1, -0.05) is 11.8 Å². The third-order valence-corrected chi connectivity index (χ3v) is 5.27. The van der Waals surface area contributed by atoms with Crippen LogP contribution in [-0.2, 0) is 18.9 Å². The first-order valence-corrected chi connectivity index (χ1v) is 9.65. The number of benzene rings is 1. The predicted octanol–water partition coefficient (Wildman–Crippen LogP) is 1.27. The zero-order valence-corrected chi connectivity index (χ0v) is 17.2. The lowest BCUT2D eigenvalue weighted by Crippen LogP contribution is -2.37. The maximum atomic E-state index is 12.6. The van der Waals surface area contributed by atoms with Gasteiger partial charge in [0.15, 0.2) is 11.4 Å². The molecule has 29 heavy (non-hydrogen) atoms. The Labute approximate surface area is 169 Å². The number of nitrogens with zero attached hydrogens (tertiary/aromatic N) is 4. The Kier molecular flexibility index (Phi) is 5.64. The van der Waals surface area contributed by atoms with E-state index in [0.29, 0.717) is 22.1 Å². The molecule has 2 heterocycles. The van der Waals surface area contributed by atoms with E-state index in [-0.39, 0.29) is 28.5 Å². The van der Waals surface area contributed by atoms with E-state index in [1.165, 1.54) is 25.6 Å². The van der Waals surface area contributed by atoms with Crippen LogP contribution in [0.1, 0.15) is 23.1 Å². The summed E-state index contributed by atoms with van der Waals surface area (Å²) >= 11 is 1.09. The van der Waals surface area contributed by atoms with Gasteiger partial charge in [0, 0.05) is 25.3 Å². The van der Waals surface area contributed by atoms with Crippen molar-refractivity contribution < 1.29 is 9.59 Å². The van der Waals surface area contributed by atoms with Crippen LogP contribution in [0.25, 0.3) is 11.0 Å². The number of aryl methyl sites for hydroxylation is 2. The van der Waals surface area contributed by atoms with Crippen LogP contribution in [0.3, 0.4) is 0 Å². The molecule has 0 aliphatic heterocycles. The third kappa shape index (κ3) is 4.11. The highest BCUT2D eigenvalue weighted by atomic mass is 32.2. The van der Waals surface area contributed by atoms with Crippen LogP contribution in [-0.4, -0.2) is 36.5 Å². The molecule has 3 aromatic rings. The molecule has 0 aliphatic rings. The molecule has 0 bridgehead atoms. The molecule has 0 unspecified atom stereocenters. The van der Waals surface area contributed by atoms with Crippen LogP contribution in [0, 0.1) is 6.92 Å². The fourth-order valence-electron chi connectivity index (χ4n) is 2.76. The molecule has 1 aromatic carbocycles. The first-order chi connectivity index (χ1) is 13.7. The second-order valence-corrected chi connectivity index (χ2v) is 7.41. The second-order valence-electron chi connectivity index (χ2n) is 6.45. The number of aromatic nitrogens is 4. The summed E-state index contributed by atoms with van der Waals surface area (Å²) in [5.74, 6) is 0.0481. The van der Waals surface area contributed by atoms with Crippen molar-refractivity contribution in [3.05, 3.63) is 56.5 Å². The summed E-state index contributed by atoms with van der Waals surface area (Å²) in [7, 11) is 2.91. The maximum Gasteiger partial charge on any atom is 0.332 e. The number of fused-ring (bicyclic) bond motifs is 1. The fraction of sp³-hybridized carbons (Fsp3) is 0.263. The lowest BCUT2D eigenvalue weighted by Gasteiger charge is -2.11. The van der Waals surface area contributed by atoms with Gasteiger partial charge in [0.1, 0.15) is 16.2 Å². The summed E-state index contributed by atoms with van der Waals surface area (Å²) in [6, 6.07) is 6.57. The fourth-order valence-corrected chi connectivity index (χ4v) is 3.62. The summed E-state index contributed by atoms with van der Waals surface area (Å²) in [6.45, 7) is 3.13. The third-order valence-electron chi connectivity index (χ3n) is 4.29. The summed E-state index contributed by atoms with van der Waals surface area (Å²) in [5.41, 5.74) is 0.354. The quantitative estimate of drug-likeness (QED) is 0.380. The summed E-state index contributed by atoms with van der Waals surface area (Å²) < 4.78 is 2.27. The SMILES string of the molecule is CC(=O)c1ccc(NC(=O)CSc2nc(C)nc3c2c(=O)n(C)c(=O)n3C)cc1. The Morgan fingerprint density at radius 3 is 2.34 bits per heavy atom. The van der Waals surface area contributed by atoms with E-state index in [0.717, 1.165) is 16.3 Å². The number of Topliss-reactive ketones (excluding diaryl/α,β-unsaturated/α-hetero) is 1. The zero-order valence-electron chi connectivity index (χ0n) is 16.3. The molecule has 0 spiro atoms. The monoisotopic (exact) mass is 413 g/mol. The number of ketones is 1. The highest BCUT2D eigenvalue weighted by Crippen LogP contribution is 2.22. The van der Waals surface area contributed by atoms with Gasteiger partial charge in [-0.25, -0.2) is 14.8 Å². The second kappa shape index (κ2) is 8.00. The number of thioether (sulfide) groups is 1. The molecular weight excluding hydrogens is 394 g/mol. The van der Waals surface area contributed by atoms with Crippen molar-refractivity contribution in [3.63, 3.8) is 0 Å². The van der Waals surface area contributed by atoms with Gasteiger partial charge in [0.2, 0.25) is 5.91 Å². The Balaban J connectivity index is 1.85. The van der Waals surface area contributed by atoms with Gasteiger partial charge in [0.25, 0.3) is 5.56 Å². The van der Waals surface area contributed by atoms with Gasteiger partial charge in [-0.3, -0.25) is 23.5 Å². The van der Waals surface area contributed by atoms with E-state index in [1.54, 1.807) is 31.2 Å². The van der Waals surface area contributed by atoms with Crippen LogP contribution in [0.5, 0.6) is 0 Å². The average molecular weight is 413 g/mol. The molecule has 0 atom stereocenters. The molecule has 10 heteroatoms. The number of hydrogen-bond donors (Lipinski definition) is 1. The first kappa shape index (κ1) is 20.5. The van der Waals surface area contributed by atoms with Crippen molar-refractivity contribution in [1.82, 2.24) is 19.1 Å². The number of amides is 1. The Bertz CT molecular complexity index is 1240. The Morgan fingerprint density at radius 1 is 1.07 bits per heavy atom. The molecule has 3 rings (SSSR count). The van der Waals surface area contributed by atoms with Crippen molar-refractivity contribution in [2.75, 3.05) is 11.1 Å². The highest BCUT2D eigenvalue weighted by molar-refractivity contribution is 8.00. The van der Waals surface area contributed by atoms with E-state index in [4.69, 9.17) is 0 Å². The molecule has 0 saturated heterocycles. The summed E-state index contributed by atoms with van der Waals surface area (Å²) in [5, 5.41) is 3.27. The van der Waals surface area contributed by atoms with Gasteiger partial charge in [-0.05, 0) is 38.1 Å². The number of hydrogen-bond acceptors (Lipinski definition) is 7. The first-order valence-electron chi connectivity index (χ1n) is 8.67. The van der Waals surface area contributed by atoms with Gasteiger partial charge in [-0.2, -0.15) is 0 Å². The van der Waals surface area contributed by atoms with Gasteiger partial charge in [0.05, 0.1) is 5.75 Å². The van der Waals surface area contributed by atoms with Gasteiger partial charge >= 0.3 is 5.69 Å². The van der Waals surface area contributed by atoms with Crippen LogP contribution in [0.4, 0.5) is 5.69 Å². The summed E-state index contributed by atoms with van der Waals surface area (Å²) in [4.78, 5) is 56.9. The number of carbonyl (C=O) groups is 2. The molecule has 0 radical (unpaired) electrons. The van der Waals surface area contributed by atoms with Gasteiger partial charge < -0.3 is 5.32 Å². The van der Waals surface area contributed by atoms with Crippen LogP contribution >= 0.6 is 11.8 Å². The molecule has 1 amide bonds.